The molecule has 0 saturated carbocycles. The third kappa shape index (κ3) is 5.47. The summed E-state index contributed by atoms with van der Waals surface area (Å²) in [6, 6.07) is -0.0938. The normalized spacial score (nSPS) is 11.6. The highest BCUT2D eigenvalue weighted by atomic mass is 19.2. The van der Waals surface area contributed by atoms with E-state index in [2.05, 4.69) is 16.6 Å². The van der Waals surface area contributed by atoms with Crippen molar-refractivity contribution in [3.63, 3.8) is 0 Å². The van der Waals surface area contributed by atoms with E-state index in [4.69, 9.17) is 5.11 Å². The fourth-order valence-corrected chi connectivity index (χ4v) is 1.73. The summed E-state index contributed by atoms with van der Waals surface area (Å²) < 4.78 is 44.1. The molecule has 0 fully saturated rings. The zero-order valence-corrected chi connectivity index (χ0v) is 11.7. The van der Waals surface area contributed by atoms with E-state index in [0.29, 0.717) is 12.1 Å². The number of carboxylic acids is 1. The number of alkyl carbamates (subject to hydrolysis) is 1. The van der Waals surface area contributed by atoms with Crippen molar-refractivity contribution in [1.82, 2.24) is 5.32 Å². The van der Waals surface area contributed by atoms with Gasteiger partial charge in [0, 0.05) is 12.1 Å². The van der Waals surface area contributed by atoms with E-state index in [-0.39, 0.29) is 17.7 Å². The molecule has 0 aliphatic rings. The maximum Gasteiger partial charge on any atom is 0.412 e. The number of ether oxygens (including phenoxy) is 1. The molecule has 0 radical (unpaired) electrons. The molecule has 0 aliphatic heterocycles. The Morgan fingerprint density at radius 3 is 2.41 bits per heavy atom. The Bertz CT molecular complexity index is 604. The fourth-order valence-electron chi connectivity index (χ4n) is 1.73. The minimum atomic E-state index is -1.36. The highest BCUT2D eigenvalue weighted by Gasteiger charge is 2.20. The molecule has 120 valence electrons. The fraction of sp³-hybridized carbons (Fsp3) is 0.286. The van der Waals surface area contributed by atoms with Crippen LogP contribution in [-0.2, 0) is 16.0 Å². The second kappa shape index (κ2) is 7.48. The standard InChI is InChI=1S/C14H14F3NO4/c1-7(2)22-14(21)18-9(5-13(19)20)3-8-4-11(16)12(17)6-10(8)15/h4,6,9H,1,3,5H2,2H3,(H,18,21)(H,19,20)/t9-/m1/s1. The van der Waals surface area contributed by atoms with Crippen molar-refractivity contribution in [2.24, 2.45) is 0 Å². The van der Waals surface area contributed by atoms with Crippen LogP contribution in [0.15, 0.2) is 24.5 Å². The number of carbonyl (C=O) groups excluding carboxylic acids is 1. The number of nitrogens with one attached hydrogen (secondary N) is 1. The van der Waals surface area contributed by atoms with Gasteiger partial charge in [0.2, 0.25) is 0 Å². The smallest absolute Gasteiger partial charge is 0.412 e. The first kappa shape index (κ1) is 17.5. The Labute approximate surface area is 124 Å². The molecule has 1 amide bonds. The van der Waals surface area contributed by atoms with Crippen LogP contribution < -0.4 is 5.32 Å². The van der Waals surface area contributed by atoms with E-state index < -0.39 is 42.0 Å². The van der Waals surface area contributed by atoms with Crippen LogP contribution in [0.1, 0.15) is 18.9 Å². The zero-order valence-electron chi connectivity index (χ0n) is 11.7. The number of aliphatic carboxylic acids is 1. The maximum atomic E-state index is 13.6. The van der Waals surface area contributed by atoms with Crippen LogP contribution in [0.3, 0.4) is 0 Å². The van der Waals surface area contributed by atoms with Gasteiger partial charge in [-0.2, -0.15) is 0 Å². The van der Waals surface area contributed by atoms with E-state index in [0.717, 1.165) is 0 Å². The molecule has 2 N–H and O–H groups in total. The molecule has 0 spiro atoms. The SMILES string of the molecule is C=C(C)OC(=O)N[C@@H](CC(=O)O)Cc1cc(F)c(F)cc1F. The van der Waals surface area contributed by atoms with Gasteiger partial charge < -0.3 is 15.2 Å². The molecule has 0 aliphatic carbocycles. The third-order valence-electron chi connectivity index (χ3n) is 2.57. The van der Waals surface area contributed by atoms with Crippen molar-refractivity contribution in [2.75, 3.05) is 0 Å². The largest absolute Gasteiger partial charge is 0.481 e. The highest BCUT2D eigenvalue weighted by molar-refractivity contribution is 5.72. The number of halogens is 3. The summed E-state index contributed by atoms with van der Waals surface area (Å²) >= 11 is 0. The summed E-state index contributed by atoms with van der Waals surface area (Å²) in [6.07, 6.45) is -1.87. The van der Waals surface area contributed by atoms with Crippen molar-refractivity contribution in [3.05, 3.63) is 47.5 Å². The molecule has 0 saturated heterocycles. The molecule has 0 bridgehead atoms. The number of rotatable bonds is 6. The summed E-state index contributed by atoms with van der Waals surface area (Å²) in [5.41, 5.74) is -0.263. The molecule has 1 aromatic carbocycles. The van der Waals surface area contributed by atoms with Crippen LogP contribution in [0, 0.1) is 17.5 Å². The molecule has 22 heavy (non-hydrogen) atoms. The van der Waals surface area contributed by atoms with E-state index in [1.54, 1.807) is 0 Å². The van der Waals surface area contributed by atoms with Crippen LogP contribution in [-0.4, -0.2) is 23.2 Å². The molecule has 0 unspecified atom stereocenters. The van der Waals surface area contributed by atoms with Gasteiger partial charge >= 0.3 is 12.1 Å². The van der Waals surface area contributed by atoms with Crippen LogP contribution >= 0.6 is 0 Å². The van der Waals surface area contributed by atoms with E-state index in [9.17, 15) is 22.8 Å². The summed E-state index contributed by atoms with van der Waals surface area (Å²) in [6.45, 7) is 4.74. The lowest BCUT2D eigenvalue weighted by Crippen LogP contribution is -2.38. The molecular weight excluding hydrogens is 303 g/mol. The molecule has 1 rings (SSSR count). The molecule has 1 atom stereocenters. The van der Waals surface area contributed by atoms with Gasteiger partial charge in [-0.05, 0) is 25.0 Å². The van der Waals surface area contributed by atoms with Crippen molar-refractivity contribution < 1.29 is 32.6 Å². The Hall–Kier alpha value is -2.51. The molecule has 0 heterocycles. The zero-order chi connectivity index (χ0) is 16.9. The van der Waals surface area contributed by atoms with Crippen LogP contribution in [0.25, 0.3) is 0 Å². The van der Waals surface area contributed by atoms with Crippen LogP contribution in [0.2, 0.25) is 0 Å². The predicted octanol–water partition coefficient (Wildman–Crippen LogP) is 2.75. The predicted molar refractivity (Wildman–Crippen MR) is 70.5 cm³/mol. The number of allylic oxidation sites excluding steroid dienone is 1. The lowest BCUT2D eigenvalue weighted by Gasteiger charge is -2.17. The van der Waals surface area contributed by atoms with E-state index in [1.165, 1.54) is 6.92 Å². The summed E-state index contributed by atoms with van der Waals surface area (Å²) in [5, 5.41) is 11.0. The van der Waals surface area contributed by atoms with E-state index in [1.807, 2.05) is 0 Å². The number of carbonyl (C=O) groups is 2. The molecule has 0 aromatic heterocycles. The van der Waals surface area contributed by atoms with Gasteiger partial charge in [-0.3, -0.25) is 4.79 Å². The number of benzene rings is 1. The summed E-state index contributed by atoms with van der Waals surface area (Å²) in [5.74, 6) is -4.85. The van der Waals surface area contributed by atoms with Crippen LogP contribution in [0.5, 0.6) is 0 Å². The van der Waals surface area contributed by atoms with Gasteiger partial charge in [0.1, 0.15) is 5.82 Å². The van der Waals surface area contributed by atoms with Gasteiger partial charge in [-0.1, -0.05) is 6.58 Å². The second-order valence-corrected chi connectivity index (χ2v) is 4.59. The molecule has 5 nitrogen and oxygen atoms in total. The monoisotopic (exact) mass is 317 g/mol. The minimum absolute atomic E-state index is 0.0746. The van der Waals surface area contributed by atoms with Crippen molar-refractivity contribution in [1.29, 1.82) is 0 Å². The molecule has 8 heteroatoms. The number of carboxylic acid groups (broad SMARTS) is 1. The average Bonchev–Trinajstić information content (AvgIpc) is 2.33. The quantitative estimate of drug-likeness (QED) is 0.625. The Morgan fingerprint density at radius 1 is 1.27 bits per heavy atom. The number of hydrogen-bond acceptors (Lipinski definition) is 3. The van der Waals surface area contributed by atoms with Crippen molar-refractivity contribution >= 4 is 12.1 Å². The lowest BCUT2D eigenvalue weighted by molar-refractivity contribution is -0.137. The number of hydrogen-bond donors (Lipinski definition) is 2. The van der Waals surface area contributed by atoms with E-state index >= 15 is 0 Å². The summed E-state index contributed by atoms with van der Waals surface area (Å²) in [7, 11) is 0. The lowest BCUT2D eigenvalue weighted by atomic mass is 10.0. The maximum absolute atomic E-state index is 13.6. The second-order valence-electron chi connectivity index (χ2n) is 4.59. The Kier molecular flexibility index (Phi) is 5.97. The van der Waals surface area contributed by atoms with Crippen LogP contribution in [0.4, 0.5) is 18.0 Å². The summed E-state index contributed by atoms with van der Waals surface area (Å²) in [4.78, 5) is 22.2. The first-order chi connectivity index (χ1) is 10.2. The first-order valence-electron chi connectivity index (χ1n) is 6.18. The van der Waals surface area contributed by atoms with Crippen molar-refractivity contribution in [2.45, 2.75) is 25.8 Å². The van der Waals surface area contributed by atoms with Gasteiger partial charge in [-0.25, -0.2) is 18.0 Å². The van der Waals surface area contributed by atoms with Crippen molar-refractivity contribution in [3.8, 4) is 0 Å². The molecular formula is C14H14F3NO4. The molecule has 1 aromatic rings. The first-order valence-corrected chi connectivity index (χ1v) is 6.18. The Balaban J connectivity index is 2.89. The number of amides is 1. The van der Waals surface area contributed by atoms with Gasteiger partial charge in [0.15, 0.2) is 11.6 Å². The average molecular weight is 317 g/mol. The van der Waals surface area contributed by atoms with Gasteiger partial charge in [-0.15, -0.1) is 0 Å². The van der Waals surface area contributed by atoms with Gasteiger partial charge in [0.25, 0.3) is 0 Å². The minimum Gasteiger partial charge on any atom is -0.481 e. The third-order valence-corrected chi connectivity index (χ3v) is 2.57. The topological polar surface area (TPSA) is 75.6 Å². The highest BCUT2D eigenvalue weighted by Crippen LogP contribution is 2.16. The Morgan fingerprint density at radius 2 is 1.86 bits per heavy atom. The van der Waals surface area contributed by atoms with Gasteiger partial charge in [0.05, 0.1) is 12.2 Å².